The van der Waals surface area contributed by atoms with Crippen molar-refractivity contribution in [2.45, 2.75) is 52.1 Å². The van der Waals surface area contributed by atoms with Crippen LogP contribution in [0, 0.1) is 13.8 Å². The molecule has 0 saturated heterocycles. The van der Waals surface area contributed by atoms with Crippen LogP contribution in [0.4, 0.5) is 0 Å². The molecule has 4 heteroatoms. The summed E-state index contributed by atoms with van der Waals surface area (Å²) in [6, 6.07) is 2.92. The van der Waals surface area contributed by atoms with Gasteiger partial charge in [0.2, 0.25) is 0 Å². The third-order valence-electron chi connectivity index (χ3n) is 3.86. The number of hydrogen-bond acceptors (Lipinski definition) is 4. The number of thiazole rings is 1. The molecule has 3 nitrogen and oxygen atoms in total. The number of aryl methyl sites for hydroxylation is 3. The molecule has 0 bridgehead atoms. The van der Waals surface area contributed by atoms with Crippen LogP contribution in [0.3, 0.4) is 0 Å². The van der Waals surface area contributed by atoms with E-state index in [9.17, 15) is 0 Å². The molecule has 1 fully saturated rings. The molecule has 0 radical (unpaired) electrons. The Morgan fingerprint density at radius 2 is 2.20 bits per heavy atom. The molecular formula is C16H21N3S. The van der Waals surface area contributed by atoms with Crippen molar-refractivity contribution in [3.8, 4) is 0 Å². The predicted octanol–water partition coefficient (Wildman–Crippen LogP) is 3.56. The van der Waals surface area contributed by atoms with Gasteiger partial charge in [-0.15, -0.1) is 11.3 Å². The SMILES string of the molecule is CCc1nc(C(NC2CC2)c2cnccc2C)sc1C. The Bertz CT molecular complexity index is 602. The highest BCUT2D eigenvalue weighted by Crippen LogP contribution is 2.33. The number of pyridine rings is 1. The van der Waals surface area contributed by atoms with Crippen LogP contribution in [0.15, 0.2) is 18.5 Å². The van der Waals surface area contributed by atoms with E-state index in [-0.39, 0.29) is 6.04 Å². The van der Waals surface area contributed by atoms with Gasteiger partial charge >= 0.3 is 0 Å². The molecule has 1 aliphatic rings. The monoisotopic (exact) mass is 287 g/mol. The van der Waals surface area contributed by atoms with Gasteiger partial charge in [-0.05, 0) is 50.3 Å². The van der Waals surface area contributed by atoms with Crippen LogP contribution >= 0.6 is 11.3 Å². The molecule has 1 atom stereocenters. The van der Waals surface area contributed by atoms with E-state index in [0.717, 1.165) is 6.42 Å². The molecule has 2 aromatic heterocycles. The van der Waals surface area contributed by atoms with E-state index in [1.165, 1.54) is 39.5 Å². The molecule has 106 valence electrons. The predicted molar refractivity (Wildman–Crippen MR) is 83.2 cm³/mol. The molecule has 1 saturated carbocycles. The van der Waals surface area contributed by atoms with Crippen molar-refractivity contribution in [3.05, 3.63) is 45.2 Å². The first kappa shape index (κ1) is 13.7. The summed E-state index contributed by atoms with van der Waals surface area (Å²) in [4.78, 5) is 10.5. The zero-order valence-corrected chi connectivity index (χ0v) is 13.1. The van der Waals surface area contributed by atoms with Crippen molar-refractivity contribution in [2.24, 2.45) is 0 Å². The highest BCUT2D eigenvalue weighted by atomic mass is 32.1. The van der Waals surface area contributed by atoms with Crippen LogP contribution in [0.5, 0.6) is 0 Å². The van der Waals surface area contributed by atoms with Crippen molar-refractivity contribution < 1.29 is 0 Å². The van der Waals surface area contributed by atoms with E-state index < -0.39 is 0 Å². The molecule has 1 unspecified atom stereocenters. The lowest BCUT2D eigenvalue weighted by molar-refractivity contribution is 0.592. The van der Waals surface area contributed by atoms with Gasteiger partial charge in [0.25, 0.3) is 0 Å². The molecule has 0 spiro atoms. The Balaban J connectivity index is 1.98. The second-order valence-corrected chi connectivity index (χ2v) is 6.75. The lowest BCUT2D eigenvalue weighted by Crippen LogP contribution is -2.25. The number of hydrogen-bond donors (Lipinski definition) is 1. The molecule has 2 heterocycles. The molecule has 0 amide bonds. The number of rotatable bonds is 5. The maximum atomic E-state index is 4.86. The van der Waals surface area contributed by atoms with Gasteiger partial charge < -0.3 is 5.32 Å². The first-order valence-electron chi connectivity index (χ1n) is 7.31. The quantitative estimate of drug-likeness (QED) is 0.913. The molecule has 0 aromatic carbocycles. The number of nitrogens with one attached hydrogen (secondary N) is 1. The van der Waals surface area contributed by atoms with Gasteiger partial charge in [-0.2, -0.15) is 0 Å². The Morgan fingerprint density at radius 1 is 1.40 bits per heavy atom. The molecule has 1 aliphatic carbocycles. The zero-order chi connectivity index (χ0) is 14.1. The molecule has 20 heavy (non-hydrogen) atoms. The van der Waals surface area contributed by atoms with Crippen LogP contribution in [-0.4, -0.2) is 16.0 Å². The van der Waals surface area contributed by atoms with Crippen molar-refractivity contribution in [3.63, 3.8) is 0 Å². The van der Waals surface area contributed by atoms with E-state index >= 15 is 0 Å². The highest BCUT2D eigenvalue weighted by molar-refractivity contribution is 7.11. The summed E-state index contributed by atoms with van der Waals surface area (Å²) in [5.41, 5.74) is 3.77. The Hall–Kier alpha value is -1.26. The largest absolute Gasteiger partial charge is 0.301 e. The topological polar surface area (TPSA) is 37.8 Å². The van der Waals surface area contributed by atoms with Crippen LogP contribution in [0.1, 0.15) is 52.5 Å². The molecule has 3 rings (SSSR count). The molecule has 1 N–H and O–H groups in total. The maximum absolute atomic E-state index is 4.86. The van der Waals surface area contributed by atoms with Gasteiger partial charge in [0.15, 0.2) is 0 Å². The van der Waals surface area contributed by atoms with Crippen LogP contribution in [0.2, 0.25) is 0 Å². The average Bonchev–Trinajstić information content (AvgIpc) is 3.19. The highest BCUT2D eigenvalue weighted by Gasteiger charge is 2.29. The van der Waals surface area contributed by atoms with Crippen molar-refractivity contribution >= 4 is 11.3 Å². The lowest BCUT2D eigenvalue weighted by atomic mass is 10.0. The standard InChI is InChI=1S/C16H21N3S/c1-4-14-11(3)20-16(19-14)15(18-12-5-6-12)13-9-17-8-7-10(13)2/h7-9,12,15,18H,4-6H2,1-3H3. The second kappa shape index (κ2) is 5.62. The van der Waals surface area contributed by atoms with Crippen molar-refractivity contribution in [2.75, 3.05) is 0 Å². The molecule has 0 aliphatic heterocycles. The number of aromatic nitrogens is 2. The minimum atomic E-state index is 0.195. The summed E-state index contributed by atoms with van der Waals surface area (Å²) in [5.74, 6) is 0. The zero-order valence-electron chi connectivity index (χ0n) is 12.3. The van der Waals surface area contributed by atoms with Gasteiger partial charge in [0.1, 0.15) is 5.01 Å². The second-order valence-electron chi connectivity index (χ2n) is 5.51. The lowest BCUT2D eigenvalue weighted by Gasteiger charge is -2.18. The van der Waals surface area contributed by atoms with E-state index in [2.05, 4.69) is 37.1 Å². The summed E-state index contributed by atoms with van der Waals surface area (Å²) in [5, 5.41) is 4.92. The van der Waals surface area contributed by atoms with E-state index in [1.807, 2.05) is 23.7 Å². The number of nitrogens with zero attached hydrogens (tertiary/aromatic N) is 2. The molecular weight excluding hydrogens is 266 g/mol. The summed E-state index contributed by atoms with van der Waals surface area (Å²) in [7, 11) is 0. The van der Waals surface area contributed by atoms with E-state index in [0.29, 0.717) is 6.04 Å². The van der Waals surface area contributed by atoms with Gasteiger partial charge in [-0.3, -0.25) is 4.98 Å². The Kier molecular flexibility index (Phi) is 3.85. The van der Waals surface area contributed by atoms with E-state index in [4.69, 9.17) is 4.98 Å². The van der Waals surface area contributed by atoms with Crippen molar-refractivity contribution in [1.82, 2.24) is 15.3 Å². The minimum absolute atomic E-state index is 0.195. The van der Waals surface area contributed by atoms with Gasteiger partial charge in [0, 0.05) is 23.3 Å². The summed E-state index contributed by atoms with van der Waals surface area (Å²) in [6.45, 7) is 6.49. The van der Waals surface area contributed by atoms with Gasteiger partial charge in [0.05, 0.1) is 11.7 Å². The van der Waals surface area contributed by atoms with Crippen LogP contribution in [0.25, 0.3) is 0 Å². The smallest absolute Gasteiger partial charge is 0.115 e. The Morgan fingerprint density at radius 3 is 2.80 bits per heavy atom. The Labute approximate surface area is 124 Å². The summed E-state index contributed by atoms with van der Waals surface area (Å²) >= 11 is 1.82. The van der Waals surface area contributed by atoms with Gasteiger partial charge in [-0.25, -0.2) is 4.98 Å². The first-order chi connectivity index (χ1) is 9.69. The summed E-state index contributed by atoms with van der Waals surface area (Å²) in [6.07, 6.45) is 7.40. The van der Waals surface area contributed by atoms with Gasteiger partial charge in [-0.1, -0.05) is 6.92 Å². The third kappa shape index (κ3) is 2.76. The fourth-order valence-corrected chi connectivity index (χ4v) is 3.55. The van der Waals surface area contributed by atoms with Crippen LogP contribution in [-0.2, 0) is 6.42 Å². The third-order valence-corrected chi connectivity index (χ3v) is 4.94. The fraction of sp³-hybridized carbons (Fsp3) is 0.500. The van der Waals surface area contributed by atoms with E-state index in [1.54, 1.807) is 0 Å². The molecule has 2 aromatic rings. The first-order valence-corrected chi connectivity index (χ1v) is 8.13. The van der Waals surface area contributed by atoms with Crippen LogP contribution < -0.4 is 5.32 Å². The minimum Gasteiger partial charge on any atom is -0.301 e. The van der Waals surface area contributed by atoms with Crippen molar-refractivity contribution in [1.29, 1.82) is 0 Å². The fourth-order valence-electron chi connectivity index (χ4n) is 2.46. The summed E-state index contributed by atoms with van der Waals surface area (Å²) < 4.78 is 0. The normalized spacial score (nSPS) is 16.4. The average molecular weight is 287 g/mol. The maximum Gasteiger partial charge on any atom is 0.115 e.